The number of aromatic nitrogens is 2. The SMILES string of the molecule is CCCCCN[P+]([O-])(O[NH3+])OC[C@H]1O[C@@H](N2C=[N+]c3c(N)ncnc32)[C@H](O)[C@@H]1O. The molecular weight excluding hydrogens is 405 g/mol. The summed E-state index contributed by atoms with van der Waals surface area (Å²) in [5, 5.41) is 23.5. The highest BCUT2D eigenvalue weighted by molar-refractivity contribution is 7.56. The summed E-state index contributed by atoms with van der Waals surface area (Å²) in [6, 6.07) is 0. The minimum Gasteiger partial charge on any atom is -0.611 e. The van der Waals surface area contributed by atoms with Crippen molar-refractivity contribution in [3.8, 4) is 0 Å². The Morgan fingerprint density at radius 3 is 2.93 bits per heavy atom. The van der Waals surface area contributed by atoms with Crippen molar-refractivity contribution in [1.82, 2.24) is 20.0 Å². The van der Waals surface area contributed by atoms with Crippen LogP contribution in [0.3, 0.4) is 0 Å². The number of ether oxygens (including phenoxy) is 1. The average molecular weight is 432 g/mol. The van der Waals surface area contributed by atoms with Gasteiger partial charge in [0.2, 0.25) is 6.23 Å². The zero-order chi connectivity index (χ0) is 21.0. The van der Waals surface area contributed by atoms with Gasteiger partial charge in [-0.1, -0.05) is 19.8 Å². The highest BCUT2D eigenvalue weighted by Crippen LogP contribution is 2.46. The van der Waals surface area contributed by atoms with E-state index in [0.29, 0.717) is 18.1 Å². The van der Waals surface area contributed by atoms with Crippen LogP contribution in [-0.4, -0.2) is 64.2 Å². The predicted molar refractivity (Wildman–Crippen MR) is 102 cm³/mol. The number of unbranched alkanes of at least 4 members (excludes halogenated alkanes) is 2. The monoisotopic (exact) mass is 432 g/mol. The number of fused-ring (bicyclic) bond motifs is 1. The standard InChI is InChI=1S/C15H27N7O6P/c1-2-3-4-5-21-29(25,28-17)26-6-9-11(23)12(24)15(27-9)22-8-20-10-13(16)18-7-19-14(10)22/h7-9,11-12,15,23-24H,2-6H2,1,17H3,(H,21,25)(H2,16,18,19)/q+2/t9-,11-,12-,15-,29?/m1/s1. The maximum absolute atomic E-state index is 12.5. The zero-order valence-corrected chi connectivity index (χ0v) is 16.9. The van der Waals surface area contributed by atoms with Crippen molar-refractivity contribution in [3.63, 3.8) is 0 Å². The van der Waals surface area contributed by atoms with Crippen molar-refractivity contribution < 1.29 is 34.9 Å². The molecule has 3 heterocycles. The van der Waals surface area contributed by atoms with Gasteiger partial charge in [-0.25, -0.2) is 4.98 Å². The first-order valence-electron chi connectivity index (χ1n) is 9.28. The van der Waals surface area contributed by atoms with E-state index in [1.54, 1.807) is 0 Å². The first-order chi connectivity index (χ1) is 13.9. The van der Waals surface area contributed by atoms with Crippen molar-refractivity contribution in [3.05, 3.63) is 6.33 Å². The largest absolute Gasteiger partial charge is 0.611 e. The van der Waals surface area contributed by atoms with Crippen molar-refractivity contribution in [1.29, 1.82) is 0 Å². The fraction of sp³-hybridized carbons (Fsp3) is 0.667. The third-order valence-electron chi connectivity index (χ3n) is 4.66. The van der Waals surface area contributed by atoms with Gasteiger partial charge < -0.3 is 25.6 Å². The Morgan fingerprint density at radius 1 is 1.41 bits per heavy atom. The topological polar surface area (TPSA) is 200 Å². The van der Waals surface area contributed by atoms with Gasteiger partial charge >= 0.3 is 8.09 Å². The molecule has 161 valence electrons. The smallest absolute Gasteiger partial charge is 0.382 e. The third kappa shape index (κ3) is 4.79. The molecule has 13 nitrogen and oxygen atoms in total. The summed E-state index contributed by atoms with van der Waals surface area (Å²) in [6.07, 6.45) is 0.885. The number of quaternary nitrogens is 1. The van der Waals surface area contributed by atoms with Crippen LogP contribution in [0.4, 0.5) is 17.3 Å². The molecule has 1 aromatic heterocycles. The van der Waals surface area contributed by atoms with Crippen LogP contribution in [-0.2, 0) is 13.9 Å². The van der Waals surface area contributed by atoms with Gasteiger partial charge in [-0.2, -0.15) is 20.3 Å². The number of nitrogens with two attached hydrogens (primary N) is 1. The third-order valence-corrected chi connectivity index (χ3v) is 6.10. The first-order valence-corrected chi connectivity index (χ1v) is 10.8. The summed E-state index contributed by atoms with van der Waals surface area (Å²) in [6.45, 7) is 2.20. The van der Waals surface area contributed by atoms with Crippen LogP contribution in [0.2, 0.25) is 0 Å². The Kier molecular flexibility index (Phi) is 7.27. The van der Waals surface area contributed by atoms with Crippen LogP contribution < -0.4 is 31.5 Å². The molecule has 1 saturated heterocycles. The van der Waals surface area contributed by atoms with Crippen LogP contribution in [0, 0.1) is 0 Å². The predicted octanol–water partition coefficient (Wildman–Crippen LogP) is -2.67. The molecule has 0 aromatic carbocycles. The molecule has 14 heteroatoms. The fourth-order valence-electron chi connectivity index (χ4n) is 3.04. The molecule has 1 fully saturated rings. The summed E-state index contributed by atoms with van der Waals surface area (Å²) in [4.78, 5) is 26.1. The highest BCUT2D eigenvalue weighted by Gasteiger charge is 2.52. The maximum Gasteiger partial charge on any atom is 0.382 e. The number of aliphatic imine (C=N–C) groups is 1. The van der Waals surface area contributed by atoms with Crippen molar-refractivity contribution >= 4 is 31.8 Å². The fourth-order valence-corrected chi connectivity index (χ4v) is 4.08. The molecule has 2 aliphatic heterocycles. The molecule has 8 N–H and O–H groups in total. The van der Waals surface area contributed by atoms with E-state index in [1.807, 2.05) is 0 Å². The molecule has 5 atom stereocenters. The molecule has 0 amide bonds. The quantitative estimate of drug-likeness (QED) is 0.147. The van der Waals surface area contributed by atoms with E-state index in [1.165, 1.54) is 17.6 Å². The van der Waals surface area contributed by atoms with E-state index < -0.39 is 32.6 Å². The molecule has 0 spiro atoms. The lowest BCUT2D eigenvalue weighted by molar-refractivity contribution is -0.652. The molecule has 0 aliphatic carbocycles. The minimum absolute atomic E-state index is 0.185. The average Bonchev–Trinajstić information content (AvgIpc) is 3.27. The van der Waals surface area contributed by atoms with E-state index in [2.05, 4.69) is 32.9 Å². The van der Waals surface area contributed by atoms with Gasteiger partial charge in [0, 0.05) is 6.54 Å². The maximum atomic E-state index is 12.5. The second-order valence-corrected chi connectivity index (χ2v) is 8.49. The van der Waals surface area contributed by atoms with Crippen LogP contribution in [0.1, 0.15) is 26.2 Å². The number of anilines is 2. The number of hydrogen-bond donors (Lipinski definition) is 5. The first kappa shape index (κ1) is 22.2. The molecule has 0 saturated carbocycles. The molecule has 1 radical (unpaired) electrons. The van der Waals surface area contributed by atoms with Gasteiger partial charge in [0.05, 0.1) is 0 Å². The lowest BCUT2D eigenvalue weighted by Gasteiger charge is -2.24. The van der Waals surface area contributed by atoms with E-state index in [9.17, 15) is 15.1 Å². The van der Waals surface area contributed by atoms with Gasteiger partial charge in [-0.05, 0) is 16.0 Å². The number of nitrogens with zero attached hydrogens (tertiary/aromatic N) is 4. The van der Waals surface area contributed by atoms with Crippen LogP contribution >= 0.6 is 8.09 Å². The van der Waals surface area contributed by atoms with Crippen molar-refractivity contribution in [2.75, 3.05) is 23.8 Å². The van der Waals surface area contributed by atoms with Gasteiger partial charge in [0.15, 0.2) is 5.82 Å². The lowest BCUT2D eigenvalue weighted by Crippen LogP contribution is -2.53. The number of nitrogens with one attached hydrogen (secondary N) is 1. The highest BCUT2D eigenvalue weighted by atomic mass is 31.2. The number of hydrogen-bond acceptors (Lipinski definition) is 12. The van der Waals surface area contributed by atoms with Crippen molar-refractivity contribution in [2.45, 2.75) is 50.7 Å². The molecule has 3 rings (SSSR count). The van der Waals surface area contributed by atoms with Crippen LogP contribution in [0.5, 0.6) is 0 Å². The Bertz CT molecular complexity index is 730. The summed E-state index contributed by atoms with van der Waals surface area (Å²) in [5.41, 5.74) is 6.12. The Balaban J connectivity index is 1.60. The minimum atomic E-state index is -3.65. The lowest BCUT2D eigenvalue weighted by atomic mass is 10.1. The van der Waals surface area contributed by atoms with Crippen molar-refractivity contribution in [2.24, 2.45) is 0 Å². The summed E-state index contributed by atoms with van der Waals surface area (Å²) in [7, 11) is -3.65. The van der Waals surface area contributed by atoms with E-state index in [4.69, 9.17) is 19.6 Å². The molecule has 2 aliphatic rings. The summed E-state index contributed by atoms with van der Waals surface area (Å²) >= 11 is 0. The zero-order valence-electron chi connectivity index (χ0n) is 16.0. The van der Waals surface area contributed by atoms with Gasteiger partial charge in [-0.15, -0.1) is 5.09 Å². The van der Waals surface area contributed by atoms with E-state index in [-0.39, 0.29) is 12.4 Å². The van der Waals surface area contributed by atoms with Gasteiger partial charge in [0.25, 0.3) is 17.8 Å². The molecular formula is C15H27N7O6P+2. The van der Waals surface area contributed by atoms with Crippen LogP contribution in [0.15, 0.2) is 6.33 Å². The molecule has 1 aromatic rings. The number of nitrogen functional groups attached to an aromatic ring is 1. The van der Waals surface area contributed by atoms with E-state index in [0.717, 1.165) is 19.3 Å². The Hall–Kier alpha value is -1.54. The normalized spacial score (nSPS) is 28.0. The van der Waals surface area contributed by atoms with E-state index >= 15 is 0 Å². The van der Waals surface area contributed by atoms with Gasteiger partial charge in [-0.3, -0.25) is 0 Å². The number of aliphatic hydroxyl groups is 2. The second kappa shape index (κ2) is 9.51. The molecule has 29 heavy (non-hydrogen) atoms. The summed E-state index contributed by atoms with van der Waals surface area (Å²) in [5.74, 6) is 3.72. The summed E-state index contributed by atoms with van der Waals surface area (Å²) < 4.78 is 15.8. The molecule has 1 unspecified atom stereocenters. The Labute approximate surface area is 168 Å². The van der Waals surface area contributed by atoms with Crippen LogP contribution in [0.25, 0.3) is 0 Å². The Morgan fingerprint density at radius 2 is 2.21 bits per heavy atom. The molecule has 0 bridgehead atoms. The van der Waals surface area contributed by atoms with Gasteiger partial charge in [0.1, 0.15) is 31.2 Å². The number of rotatable bonds is 10. The number of aliphatic hydroxyl groups excluding tert-OH is 2. The second-order valence-electron chi connectivity index (χ2n) is 6.67.